The molecule has 0 atom stereocenters. The van der Waals surface area contributed by atoms with E-state index in [0.717, 1.165) is 12.8 Å². The van der Waals surface area contributed by atoms with Crippen LogP contribution in [-0.4, -0.2) is 5.78 Å². The van der Waals surface area contributed by atoms with Gasteiger partial charge in [0.05, 0.1) is 0 Å². The van der Waals surface area contributed by atoms with Crippen LogP contribution in [0.15, 0.2) is 23.8 Å². The second-order valence-electron chi connectivity index (χ2n) is 4.15. The fraction of sp³-hybridized carbons (Fsp3) is 0.545. The van der Waals surface area contributed by atoms with Gasteiger partial charge in [-0.2, -0.15) is 0 Å². The summed E-state index contributed by atoms with van der Waals surface area (Å²) in [6, 6.07) is 0. The first-order chi connectivity index (χ1) is 5.49. The third-order valence-electron chi connectivity index (χ3n) is 2.20. The lowest BCUT2D eigenvalue weighted by Gasteiger charge is -2.24. The monoisotopic (exact) mass is 164 g/mol. The molecule has 0 saturated carbocycles. The molecule has 0 spiro atoms. The zero-order valence-corrected chi connectivity index (χ0v) is 8.05. The molecular weight excluding hydrogens is 148 g/mol. The van der Waals surface area contributed by atoms with E-state index in [1.807, 2.05) is 0 Å². The number of carbonyl (C=O) groups is 1. The molecule has 0 unspecified atom stereocenters. The Kier molecular flexibility index (Phi) is 2.51. The van der Waals surface area contributed by atoms with Gasteiger partial charge in [0, 0.05) is 0 Å². The summed E-state index contributed by atoms with van der Waals surface area (Å²) in [7, 11) is 0. The second-order valence-corrected chi connectivity index (χ2v) is 4.15. The van der Waals surface area contributed by atoms with Crippen LogP contribution in [0.3, 0.4) is 0 Å². The van der Waals surface area contributed by atoms with Crippen molar-refractivity contribution in [2.75, 3.05) is 0 Å². The van der Waals surface area contributed by atoms with Crippen molar-refractivity contribution in [1.29, 1.82) is 0 Å². The van der Waals surface area contributed by atoms with E-state index >= 15 is 0 Å². The molecule has 0 aromatic heterocycles. The van der Waals surface area contributed by atoms with Crippen molar-refractivity contribution in [2.24, 2.45) is 5.41 Å². The van der Waals surface area contributed by atoms with Gasteiger partial charge in [0.2, 0.25) is 0 Å². The molecule has 12 heavy (non-hydrogen) atoms. The van der Waals surface area contributed by atoms with Crippen LogP contribution in [-0.2, 0) is 4.79 Å². The molecular formula is C11H16O. The third kappa shape index (κ3) is 2.65. The Labute approximate surface area is 74.2 Å². The number of carbonyl (C=O) groups excluding carboxylic acids is 1. The van der Waals surface area contributed by atoms with Crippen LogP contribution in [0.5, 0.6) is 0 Å². The van der Waals surface area contributed by atoms with Gasteiger partial charge < -0.3 is 0 Å². The van der Waals surface area contributed by atoms with Crippen LogP contribution < -0.4 is 0 Å². The lowest BCUT2D eigenvalue weighted by Crippen LogP contribution is -2.11. The average Bonchev–Trinajstić information content (AvgIpc) is 1.93. The fourth-order valence-corrected chi connectivity index (χ4v) is 1.35. The normalized spacial score (nSPS) is 24.4. The van der Waals surface area contributed by atoms with Crippen molar-refractivity contribution in [1.82, 2.24) is 0 Å². The van der Waals surface area contributed by atoms with Crippen LogP contribution in [0.4, 0.5) is 0 Å². The number of rotatable bonds is 1. The second kappa shape index (κ2) is 3.26. The zero-order chi connectivity index (χ0) is 9.19. The minimum Gasteiger partial charge on any atom is -0.295 e. The van der Waals surface area contributed by atoms with Crippen molar-refractivity contribution < 1.29 is 4.79 Å². The molecule has 0 heterocycles. The smallest absolute Gasteiger partial charge is 0.152 e. The van der Waals surface area contributed by atoms with E-state index in [2.05, 4.69) is 26.0 Å². The third-order valence-corrected chi connectivity index (χ3v) is 2.20. The van der Waals surface area contributed by atoms with E-state index in [9.17, 15) is 4.79 Å². The summed E-state index contributed by atoms with van der Waals surface area (Å²) in [6.45, 7) is 6.03. The van der Waals surface area contributed by atoms with Gasteiger partial charge in [-0.25, -0.2) is 0 Å². The summed E-state index contributed by atoms with van der Waals surface area (Å²) in [5.41, 5.74) is 1.48. The molecule has 0 bridgehead atoms. The minimum atomic E-state index is 0.148. The molecule has 0 saturated heterocycles. The number of hydrogen-bond acceptors (Lipinski definition) is 1. The Hall–Kier alpha value is -0.850. The van der Waals surface area contributed by atoms with Gasteiger partial charge in [0.25, 0.3) is 0 Å². The summed E-state index contributed by atoms with van der Waals surface area (Å²) in [5, 5.41) is 0. The van der Waals surface area contributed by atoms with Gasteiger partial charge in [-0.05, 0) is 36.8 Å². The largest absolute Gasteiger partial charge is 0.295 e. The molecule has 0 N–H and O–H groups in total. The summed E-state index contributed by atoms with van der Waals surface area (Å²) in [4.78, 5) is 10.8. The van der Waals surface area contributed by atoms with Crippen molar-refractivity contribution in [3.8, 4) is 0 Å². The Balaban J connectivity index is 2.72. The van der Waals surface area contributed by atoms with E-state index in [1.165, 1.54) is 5.57 Å². The molecule has 1 aliphatic carbocycles. The Morgan fingerprint density at radius 1 is 1.58 bits per heavy atom. The topological polar surface area (TPSA) is 17.1 Å². The van der Waals surface area contributed by atoms with Gasteiger partial charge in [-0.15, -0.1) is 0 Å². The Morgan fingerprint density at radius 2 is 2.25 bits per heavy atom. The first-order valence-electron chi connectivity index (χ1n) is 4.40. The van der Waals surface area contributed by atoms with E-state index in [0.29, 0.717) is 5.41 Å². The maximum Gasteiger partial charge on any atom is 0.152 e. The molecule has 0 fully saturated rings. The molecule has 1 heteroatoms. The number of hydrogen-bond donors (Lipinski definition) is 0. The maximum atomic E-state index is 10.8. The van der Waals surface area contributed by atoms with Crippen LogP contribution in [0, 0.1) is 5.41 Å². The molecule has 0 aromatic carbocycles. The van der Waals surface area contributed by atoms with E-state index in [1.54, 1.807) is 13.0 Å². The van der Waals surface area contributed by atoms with Gasteiger partial charge in [0.1, 0.15) is 0 Å². The predicted octanol–water partition coefficient (Wildman–Crippen LogP) is 2.88. The molecule has 0 aliphatic heterocycles. The average molecular weight is 164 g/mol. The minimum absolute atomic E-state index is 0.148. The summed E-state index contributed by atoms with van der Waals surface area (Å²) in [6.07, 6.45) is 8.16. The van der Waals surface area contributed by atoms with Gasteiger partial charge in [-0.3, -0.25) is 4.79 Å². The lowest BCUT2D eigenvalue weighted by atomic mass is 9.81. The standard InChI is InChI=1S/C11H16O/c1-9(12)8-10-4-6-11(2,3)7-5-10/h4,6,8H,5,7H2,1-3H3/b10-8-. The van der Waals surface area contributed by atoms with Gasteiger partial charge in [-0.1, -0.05) is 26.0 Å². The highest BCUT2D eigenvalue weighted by atomic mass is 16.1. The van der Waals surface area contributed by atoms with E-state index < -0.39 is 0 Å². The first kappa shape index (κ1) is 9.24. The van der Waals surface area contributed by atoms with Crippen LogP contribution >= 0.6 is 0 Å². The van der Waals surface area contributed by atoms with Crippen LogP contribution in [0.25, 0.3) is 0 Å². The Morgan fingerprint density at radius 3 is 2.67 bits per heavy atom. The van der Waals surface area contributed by atoms with Crippen LogP contribution in [0.2, 0.25) is 0 Å². The quantitative estimate of drug-likeness (QED) is 0.545. The molecule has 1 rings (SSSR count). The SMILES string of the molecule is CC(=O)/C=C1/C=CC(C)(C)CC1. The van der Waals surface area contributed by atoms with Crippen molar-refractivity contribution in [3.05, 3.63) is 23.8 Å². The van der Waals surface area contributed by atoms with Gasteiger partial charge in [0.15, 0.2) is 5.78 Å². The summed E-state index contributed by atoms with van der Waals surface area (Å²) in [5.74, 6) is 0.148. The first-order valence-corrected chi connectivity index (χ1v) is 4.40. The highest BCUT2D eigenvalue weighted by Crippen LogP contribution is 2.31. The summed E-state index contributed by atoms with van der Waals surface area (Å²) < 4.78 is 0. The molecule has 1 nitrogen and oxygen atoms in total. The summed E-state index contributed by atoms with van der Waals surface area (Å²) >= 11 is 0. The van der Waals surface area contributed by atoms with Crippen LogP contribution in [0.1, 0.15) is 33.6 Å². The highest BCUT2D eigenvalue weighted by molar-refractivity contribution is 5.88. The maximum absolute atomic E-state index is 10.8. The van der Waals surface area contributed by atoms with E-state index in [4.69, 9.17) is 0 Å². The van der Waals surface area contributed by atoms with E-state index in [-0.39, 0.29) is 5.78 Å². The van der Waals surface area contributed by atoms with Crippen molar-refractivity contribution >= 4 is 5.78 Å². The molecule has 0 radical (unpaired) electrons. The zero-order valence-electron chi connectivity index (χ0n) is 8.05. The molecule has 66 valence electrons. The Bertz CT molecular complexity index is 244. The van der Waals surface area contributed by atoms with Crippen molar-refractivity contribution in [2.45, 2.75) is 33.6 Å². The van der Waals surface area contributed by atoms with Gasteiger partial charge >= 0.3 is 0 Å². The fourth-order valence-electron chi connectivity index (χ4n) is 1.35. The number of ketones is 1. The highest BCUT2D eigenvalue weighted by Gasteiger charge is 2.17. The molecule has 0 aromatic rings. The molecule has 0 amide bonds. The molecule has 1 aliphatic rings. The predicted molar refractivity (Wildman–Crippen MR) is 50.9 cm³/mol. The number of allylic oxidation sites excluding steroid dienone is 4. The van der Waals surface area contributed by atoms with Crippen molar-refractivity contribution in [3.63, 3.8) is 0 Å². The lowest BCUT2D eigenvalue weighted by molar-refractivity contribution is -0.112.